The third-order valence-corrected chi connectivity index (χ3v) is 4.69. The predicted octanol–water partition coefficient (Wildman–Crippen LogP) is 2.55. The predicted molar refractivity (Wildman–Crippen MR) is 76.5 cm³/mol. The molecule has 2 unspecified atom stereocenters. The van der Waals surface area contributed by atoms with Gasteiger partial charge in [0.25, 0.3) is 0 Å². The van der Waals surface area contributed by atoms with E-state index in [0.29, 0.717) is 12.5 Å². The second kappa shape index (κ2) is 4.96. The van der Waals surface area contributed by atoms with Gasteiger partial charge >= 0.3 is 0 Å². The van der Waals surface area contributed by atoms with Gasteiger partial charge in [-0.15, -0.1) is 11.3 Å². The van der Waals surface area contributed by atoms with Crippen LogP contribution in [0.15, 0.2) is 11.6 Å². The van der Waals surface area contributed by atoms with Crippen LogP contribution in [-0.4, -0.2) is 21.3 Å². The summed E-state index contributed by atoms with van der Waals surface area (Å²) in [5.74, 6) is 0.875. The van der Waals surface area contributed by atoms with Crippen molar-refractivity contribution in [3.63, 3.8) is 0 Å². The van der Waals surface area contributed by atoms with E-state index >= 15 is 0 Å². The van der Waals surface area contributed by atoms with E-state index < -0.39 is 0 Å². The van der Waals surface area contributed by atoms with Crippen LogP contribution in [0.2, 0.25) is 0 Å². The topological polar surface area (TPSA) is 46.4 Å². The summed E-state index contributed by atoms with van der Waals surface area (Å²) in [4.78, 5) is 17.5. The summed E-state index contributed by atoms with van der Waals surface area (Å²) in [7, 11) is 0. The van der Waals surface area contributed by atoms with Crippen LogP contribution in [0, 0.1) is 12.8 Å². The Morgan fingerprint density at radius 1 is 1.58 bits per heavy atom. The summed E-state index contributed by atoms with van der Waals surface area (Å²) in [5, 5.41) is 5.18. The molecule has 1 saturated carbocycles. The Morgan fingerprint density at radius 3 is 3.16 bits per heavy atom. The Hall–Kier alpha value is -1.36. The molecule has 0 aliphatic heterocycles. The van der Waals surface area contributed by atoms with Gasteiger partial charge in [0, 0.05) is 23.3 Å². The van der Waals surface area contributed by atoms with E-state index in [1.54, 1.807) is 11.3 Å². The van der Waals surface area contributed by atoms with Gasteiger partial charge in [-0.1, -0.05) is 6.92 Å². The van der Waals surface area contributed by atoms with Crippen molar-refractivity contribution in [3.8, 4) is 0 Å². The molecule has 5 heteroatoms. The number of aromatic nitrogens is 2. The maximum atomic E-state index is 12.1. The fraction of sp³-hybridized carbons (Fsp3) is 0.571. The molecule has 2 aromatic rings. The molecule has 1 aliphatic rings. The minimum Gasteiger partial charge on any atom is -0.353 e. The fourth-order valence-corrected chi connectivity index (χ4v) is 3.77. The van der Waals surface area contributed by atoms with Crippen molar-refractivity contribution in [1.29, 1.82) is 0 Å². The summed E-state index contributed by atoms with van der Waals surface area (Å²) in [6, 6.07) is 0.376. The summed E-state index contributed by atoms with van der Waals surface area (Å²) < 4.78 is 2.02. The molecule has 3 rings (SSSR count). The average Bonchev–Trinajstić information content (AvgIpc) is 2.98. The number of thiazole rings is 1. The molecule has 1 amide bonds. The molecule has 0 aromatic carbocycles. The van der Waals surface area contributed by atoms with Crippen LogP contribution in [0.4, 0.5) is 0 Å². The molecule has 0 bridgehead atoms. The fourth-order valence-electron chi connectivity index (χ4n) is 2.85. The first kappa shape index (κ1) is 12.7. The Morgan fingerprint density at radius 2 is 2.42 bits per heavy atom. The number of amides is 1. The zero-order valence-corrected chi connectivity index (χ0v) is 12.2. The van der Waals surface area contributed by atoms with E-state index in [9.17, 15) is 4.79 Å². The Bertz CT molecular complexity index is 601. The average molecular weight is 277 g/mol. The van der Waals surface area contributed by atoms with Crippen LogP contribution >= 0.6 is 11.3 Å². The molecular formula is C14H19N3OS. The monoisotopic (exact) mass is 277 g/mol. The van der Waals surface area contributed by atoms with Crippen LogP contribution in [0.25, 0.3) is 4.96 Å². The van der Waals surface area contributed by atoms with E-state index in [-0.39, 0.29) is 5.91 Å². The molecule has 4 nitrogen and oxygen atoms in total. The molecule has 0 spiro atoms. The molecule has 2 atom stereocenters. The summed E-state index contributed by atoms with van der Waals surface area (Å²) in [5.41, 5.74) is 2.03. The molecule has 1 aliphatic carbocycles. The van der Waals surface area contributed by atoms with Crippen molar-refractivity contribution >= 4 is 22.2 Å². The molecule has 2 aromatic heterocycles. The number of nitrogens with zero attached hydrogens (tertiary/aromatic N) is 2. The second-order valence-electron chi connectivity index (χ2n) is 5.62. The number of hydrogen-bond acceptors (Lipinski definition) is 3. The maximum Gasteiger partial charge on any atom is 0.226 e. The van der Waals surface area contributed by atoms with Gasteiger partial charge in [0.05, 0.1) is 12.1 Å². The van der Waals surface area contributed by atoms with Crippen LogP contribution in [0.3, 0.4) is 0 Å². The lowest BCUT2D eigenvalue weighted by Gasteiger charge is -2.12. The lowest BCUT2D eigenvalue weighted by atomic mass is 10.1. The molecule has 102 valence electrons. The maximum absolute atomic E-state index is 12.1. The van der Waals surface area contributed by atoms with E-state index in [0.717, 1.165) is 35.1 Å². The number of carbonyl (C=O) groups is 1. The molecule has 0 saturated heterocycles. The normalized spacial score (nSPS) is 23.1. The van der Waals surface area contributed by atoms with Gasteiger partial charge in [-0.2, -0.15) is 0 Å². The third-order valence-electron chi connectivity index (χ3n) is 3.81. The van der Waals surface area contributed by atoms with Crippen LogP contribution in [0.1, 0.15) is 37.6 Å². The number of rotatable bonds is 3. The highest BCUT2D eigenvalue weighted by atomic mass is 32.1. The van der Waals surface area contributed by atoms with Crippen LogP contribution in [-0.2, 0) is 11.2 Å². The molecule has 1 N–H and O–H groups in total. The zero-order chi connectivity index (χ0) is 13.4. The Labute approximate surface area is 116 Å². The highest BCUT2D eigenvalue weighted by molar-refractivity contribution is 7.15. The third kappa shape index (κ3) is 2.66. The highest BCUT2D eigenvalue weighted by Gasteiger charge is 2.23. The summed E-state index contributed by atoms with van der Waals surface area (Å²) in [6.45, 7) is 4.23. The SMILES string of the molecule is Cc1cn2c(CC(=O)NC3CCC(C)C3)csc2n1. The number of nitrogens with one attached hydrogen (secondary N) is 1. The Kier molecular flexibility index (Phi) is 3.31. The van der Waals surface area contributed by atoms with E-state index in [2.05, 4.69) is 17.2 Å². The van der Waals surface area contributed by atoms with Crippen molar-refractivity contribution < 1.29 is 4.79 Å². The van der Waals surface area contributed by atoms with Gasteiger partial charge in [-0.25, -0.2) is 4.98 Å². The largest absolute Gasteiger partial charge is 0.353 e. The zero-order valence-electron chi connectivity index (χ0n) is 11.3. The van der Waals surface area contributed by atoms with Crippen LogP contribution in [0.5, 0.6) is 0 Å². The van der Waals surface area contributed by atoms with Crippen molar-refractivity contribution in [2.24, 2.45) is 5.92 Å². The quantitative estimate of drug-likeness (QED) is 0.937. The number of fused-ring (bicyclic) bond motifs is 1. The highest BCUT2D eigenvalue weighted by Crippen LogP contribution is 2.24. The van der Waals surface area contributed by atoms with Gasteiger partial charge in [-0.3, -0.25) is 9.20 Å². The van der Waals surface area contributed by atoms with Gasteiger partial charge in [-0.05, 0) is 32.1 Å². The number of imidazole rings is 1. The number of aryl methyl sites for hydroxylation is 1. The molecule has 2 heterocycles. The Balaban J connectivity index is 1.65. The molecule has 19 heavy (non-hydrogen) atoms. The van der Waals surface area contributed by atoms with Gasteiger partial charge in [0.1, 0.15) is 0 Å². The lowest BCUT2D eigenvalue weighted by Crippen LogP contribution is -2.34. The van der Waals surface area contributed by atoms with E-state index in [1.165, 1.54) is 6.42 Å². The second-order valence-corrected chi connectivity index (χ2v) is 6.46. The van der Waals surface area contributed by atoms with Crippen molar-refractivity contribution in [1.82, 2.24) is 14.7 Å². The van der Waals surface area contributed by atoms with Crippen molar-refractivity contribution in [2.45, 2.75) is 45.6 Å². The molecule has 1 fully saturated rings. The number of hydrogen-bond donors (Lipinski definition) is 1. The van der Waals surface area contributed by atoms with E-state index in [1.807, 2.05) is 22.9 Å². The first-order chi connectivity index (χ1) is 9.11. The van der Waals surface area contributed by atoms with Crippen LogP contribution < -0.4 is 5.32 Å². The minimum absolute atomic E-state index is 0.130. The number of carbonyl (C=O) groups excluding carboxylic acids is 1. The molecular weight excluding hydrogens is 258 g/mol. The standard InChI is InChI=1S/C14H19N3OS/c1-9-3-4-11(5-9)16-13(18)6-12-8-19-14-15-10(2)7-17(12)14/h7-9,11H,3-6H2,1-2H3,(H,16,18). The summed E-state index contributed by atoms with van der Waals surface area (Å²) >= 11 is 1.59. The van der Waals surface area contributed by atoms with Gasteiger partial charge in [0.15, 0.2) is 4.96 Å². The first-order valence-corrected chi connectivity index (χ1v) is 7.71. The molecule has 0 radical (unpaired) electrons. The van der Waals surface area contributed by atoms with Crippen molar-refractivity contribution in [2.75, 3.05) is 0 Å². The summed E-state index contributed by atoms with van der Waals surface area (Å²) in [6.07, 6.45) is 5.91. The smallest absolute Gasteiger partial charge is 0.226 e. The van der Waals surface area contributed by atoms with Crippen molar-refractivity contribution in [3.05, 3.63) is 23.0 Å². The van der Waals surface area contributed by atoms with Gasteiger partial charge in [0.2, 0.25) is 5.91 Å². The first-order valence-electron chi connectivity index (χ1n) is 6.83. The lowest BCUT2D eigenvalue weighted by molar-refractivity contribution is -0.121. The van der Waals surface area contributed by atoms with Gasteiger partial charge < -0.3 is 5.32 Å². The van der Waals surface area contributed by atoms with E-state index in [4.69, 9.17) is 0 Å². The minimum atomic E-state index is 0.130.